The molecule has 0 aliphatic rings. The molecule has 0 aliphatic carbocycles. The van der Waals surface area contributed by atoms with Crippen molar-refractivity contribution in [3.05, 3.63) is 58.9 Å². The summed E-state index contributed by atoms with van der Waals surface area (Å²) in [7, 11) is 1.90. The van der Waals surface area contributed by atoms with Gasteiger partial charge in [0, 0.05) is 29.3 Å². The van der Waals surface area contributed by atoms with Gasteiger partial charge in [0.2, 0.25) is 0 Å². The molecule has 1 nitrogen and oxygen atoms in total. The van der Waals surface area contributed by atoms with Gasteiger partial charge in [-0.2, -0.15) is 0 Å². The standard InChI is InChI=1S/C14H12Cl2FN/c1-18(13-6-4-12(17)5-7-13)14-8-11(16)3-2-10(14)9-15/h2-8H,9H2,1H3. The average molecular weight is 284 g/mol. The molecule has 0 radical (unpaired) electrons. The summed E-state index contributed by atoms with van der Waals surface area (Å²) in [5, 5.41) is 0.646. The summed E-state index contributed by atoms with van der Waals surface area (Å²) in [6.07, 6.45) is 0. The van der Waals surface area contributed by atoms with Gasteiger partial charge < -0.3 is 4.90 Å². The fourth-order valence-corrected chi connectivity index (χ4v) is 2.16. The van der Waals surface area contributed by atoms with Crippen LogP contribution in [0, 0.1) is 5.82 Å². The van der Waals surface area contributed by atoms with Crippen molar-refractivity contribution in [1.29, 1.82) is 0 Å². The van der Waals surface area contributed by atoms with Gasteiger partial charge >= 0.3 is 0 Å². The molecule has 4 heteroatoms. The van der Waals surface area contributed by atoms with E-state index in [2.05, 4.69) is 0 Å². The second-order valence-electron chi connectivity index (χ2n) is 3.94. The second-order valence-corrected chi connectivity index (χ2v) is 4.65. The van der Waals surface area contributed by atoms with Gasteiger partial charge in [-0.3, -0.25) is 0 Å². The Balaban J connectivity index is 2.41. The molecular weight excluding hydrogens is 272 g/mol. The molecule has 0 fully saturated rings. The van der Waals surface area contributed by atoms with Crippen LogP contribution in [0.25, 0.3) is 0 Å². The number of anilines is 2. The van der Waals surface area contributed by atoms with E-state index in [0.717, 1.165) is 16.9 Å². The summed E-state index contributed by atoms with van der Waals surface area (Å²) < 4.78 is 12.9. The summed E-state index contributed by atoms with van der Waals surface area (Å²) >= 11 is 11.9. The number of halogens is 3. The summed E-state index contributed by atoms with van der Waals surface area (Å²) in [4.78, 5) is 1.93. The van der Waals surface area contributed by atoms with Crippen LogP contribution in [0.1, 0.15) is 5.56 Å². The fraction of sp³-hybridized carbons (Fsp3) is 0.143. The topological polar surface area (TPSA) is 3.24 Å². The van der Waals surface area contributed by atoms with Crippen LogP contribution >= 0.6 is 23.2 Å². The molecule has 0 amide bonds. The minimum Gasteiger partial charge on any atom is -0.344 e. The zero-order valence-corrected chi connectivity index (χ0v) is 11.3. The summed E-state index contributed by atoms with van der Waals surface area (Å²) in [6, 6.07) is 11.8. The second kappa shape index (κ2) is 5.59. The molecule has 18 heavy (non-hydrogen) atoms. The number of benzene rings is 2. The Labute approximate surface area is 116 Å². The molecular formula is C14H12Cl2FN. The van der Waals surface area contributed by atoms with Gasteiger partial charge in [-0.1, -0.05) is 17.7 Å². The normalized spacial score (nSPS) is 10.4. The smallest absolute Gasteiger partial charge is 0.123 e. The van der Waals surface area contributed by atoms with Crippen LogP contribution in [0.15, 0.2) is 42.5 Å². The first-order valence-corrected chi connectivity index (χ1v) is 6.37. The molecule has 2 aromatic rings. The first-order chi connectivity index (χ1) is 8.61. The Bertz CT molecular complexity index is 540. The Morgan fingerprint density at radius 2 is 1.78 bits per heavy atom. The average Bonchev–Trinajstić information content (AvgIpc) is 2.39. The molecule has 0 saturated carbocycles. The Hall–Kier alpha value is -1.25. The molecule has 2 aromatic carbocycles. The minimum atomic E-state index is -0.254. The SMILES string of the molecule is CN(c1ccc(F)cc1)c1cc(Cl)ccc1CCl. The van der Waals surface area contributed by atoms with Crippen molar-refractivity contribution in [3.63, 3.8) is 0 Å². The van der Waals surface area contributed by atoms with Gasteiger partial charge in [-0.25, -0.2) is 4.39 Å². The van der Waals surface area contributed by atoms with Gasteiger partial charge in [-0.05, 0) is 42.0 Å². The number of nitrogens with zero attached hydrogens (tertiary/aromatic N) is 1. The van der Waals surface area contributed by atoms with Crippen LogP contribution in [-0.4, -0.2) is 7.05 Å². The van der Waals surface area contributed by atoms with Crippen LogP contribution in [0.4, 0.5) is 15.8 Å². The largest absolute Gasteiger partial charge is 0.344 e. The molecule has 0 unspecified atom stereocenters. The van der Waals surface area contributed by atoms with Gasteiger partial charge in [0.15, 0.2) is 0 Å². The van der Waals surface area contributed by atoms with Crippen molar-refractivity contribution in [2.45, 2.75) is 5.88 Å². The van der Waals surface area contributed by atoms with Crippen LogP contribution in [0.3, 0.4) is 0 Å². The maximum absolute atomic E-state index is 12.9. The van der Waals surface area contributed by atoms with E-state index in [4.69, 9.17) is 23.2 Å². The number of hydrogen-bond acceptors (Lipinski definition) is 1. The summed E-state index contributed by atoms with van der Waals surface area (Å²) in [5.74, 6) is 0.147. The third kappa shape index (κ3) is 2.77. The van der Waals surface area contributed by atoms with Gasteiger partial charge in [0.1, 0.15) is 5.82 Å². The molecule has 94 valence electrons. The highest BCUT2D eigenvalue weighted by Crippen LogP contribution is 2.30. The molecule has 0 spiro atoms. The van der Waals surface area contributed by atoms with Crippen molar-refractivity contribution >= 4 is 34.6 Å². The quantitative estimate of drug-likeness (QED) is 0.718. The highest BCUT2D eigenvalue weighted by atomic mass is 35.5. The first-order valence-electron chi connectivity index (χ1n) is 5.45. The van der Waals surface area contributed by atoms with Crippen LogP contribution in [-0.2, 0) is 5.88 Å². The lowest BCUT2D eigenvalue weighted by Gasteiger charge is -2.22. The lowest BCUT2D eigenvalue weighted by Crippen LogP contribution is -2.11. The molecule has 0 heterocycles. The Kier molecular flexibility index (Phi) is 4.10. The predicted molar refractivity (Wildman–Crippen MR) is 75.5 cm³/mol. The number of rotatable bonds is 3. The zero-order chi connectivity index (χ0) is 13.1. The van der Waals surface area contributed by atoms with E-state index < -0.39 is 0 Å². The maximum atomic E-state index is 12.9. The van der Waals surface area contributed by atoms with Gasteiger partial charge in [0.25, 0.3) is 0 Å². The maximum Gasteiger partial charge on any atom is 0.123 e. The monoisotopic (exact) mass is 283 g/mol. The highest BCUT2D eigenvalue weighted by Gasteiger charge is 2.09. The van der Waals surface area contributed by atoms with Gasteiger partial charge in [-0.15, -0.1) is 11.6 Å². The van der Waals surface area contributed by atoms with E-state index in [-0.39, 0.29) is 5.82 Å². The van der Waals surface area contributed by atoms with Crippen molar-refractivity contribution in [1.82, 2.24) is 0 Å². The molecule has 0 saturated heterocycles. The van der Waals surface area contributed by atoms with E-state index in [1.165, 1.54) is 12.1 Å². The Morgan fingerprint density at radius 3 is 2.39 bits per heavy atom. The van der Waals surface area contributed by atoms with Crippen molar-refractivity contribution in [3.8, 4) is 0 Å². The van der Waals surface area contributed by atoms with Crippen molar-refractivity contribution in [2.75, 3.05) is 11.9 Å². The number of hydrogen-bond donors (Lipinski definition) is 0. The molecule has 0 N–H and O–H groups in total. The van der Waals surface area contributed by atoms with Crippen LogP contribution in [0.5, 0.6) is 0 Å². The third-order valence-electron chi connectivity index (χ3n) is 2.77. The third-order valence-corrected chi connectivity index (χ3v) is 3.29. The van der Waals surface area contributed by atoms with Crippen molar-refractivity contribution < 1.29 is 4.39 Å². The molecule has 2 rings (SSSR count). The first kappa shape index (κ1) is 13.2. The van der Waals surface area contributed by atoms with Crippen LogP contribution in [0.2, 0.25) is 5.02 Å². The summed E-state index contributed by atoms with van der Waals surface area (Å²) in [6.45, 7) is 0. The van der Waals surface area contributed by atoms with Crippen LogP contribution < -0.4 is 4.90 Å². The predicted octanol–water partition coefficient (Wildman–Crippen LogP) is 4.99. The minimum absolute atomic E-state index is 0.254. The zero-order valence-electron chi connectivity index (χ0n) is 9.83. The molecule has 0 aliphatic heterocycles. The van der Waals surface area contributed by atoms with E-state index in [0.29, 0.717) is 10.9 Å². The summed E-state index contributed by atoms with van der Waals surface area (Å²) in [5.41, 5.74) is 2.78. The van der Waals surface area contributed by atoms with E-state index in [1.54, 1.807) is 18.2 Å². The lowest BCUT2D eigenvalue weighted by atomic mass is 10.1. The Morgan fingerprint density at radius 1 is 1.11 bits per heavy atom. The van der Waals surface area contributed by atoms with Crippen molar-refractivity contribution in [2.24, 2.45) is 0 Å². The molecule has 0 atom stereocenters. The van der Waals surface area contributed by atoms with E-state index in [9.17, 15) is 4.39 Å². The van der Waals surface area contributed by atoms with Gasteiger partial charge in [0.05, 0.1) is 0 Å². The fourth-order valence-electron chi connectivity index (χ4n) is 1.77. The van der Waals surface area contributed by atoms with E-state index in [1.807, 2.05) is 24.1 Å². The number of alkyl halides is 1. The molecule has 0 bridgehead atoms. The van der Waals surface area contributed by atoms with E-state index >= 15 is 0 Å². The highest BCUT2D eigenvalue weighted by molar-refractivity contribution is 6.31. The lowest BCUT2D eigenvalue weighted by molar-refractivity contribution is 0.628. The molecule has 0 aromatic heterocycles.